The molecule has 0 aliphatic carbocycles. The number of thioether (sulfide) groups is 1. The largest absolute Gasteiger partial charge is 0.411 e. The molecular weight excluding hydrogens is 248 g/mol. The molecule has 1 aromatic carbocycles. The highest BCUT2D eigenvalue weighted by Gasteiger charge is 2.10. The normalized spacial score (nSPS) is 10.6. The summed E-state index contributed by atoms with van der Waals surface area (Å²) in [6.45, 7) is 5.63. The number of Topliss-reactive ketones (excluding diaryl/α,β-unsaturated/α-hetero) is 1. The van der Waals surface area contributed by atoms with Crippen molar-refractivity contribution in [2.75, 3.05) is 5.75 Å². The summed E-state index contributed by atoms with van der Waals surface area (Å²) in [6, 6.07) is 5.99. The van der Waals surface area contributed by atoms with Crippen molar-refractivity contribution >= 4 is 17.5 Å². The Kier molecular flexibility index (Phi) is 3.81. The molecule has 4 nitrogen and oxygen atoms in total. The molecule has 0 bridgehead atoms. The number of aromatic nitrogens is 2. The van der Waals surface area contributed by atoms with Gasteiger partial charge in [-0.1, -0.05) is 17.8 Å². The van der Waals surface area contributed by atoms with Gasteiger partial charge in [0.2, 0.25) is 5.89 Å². The molecular formula is C13H14N2O2S. The summed E-state index contributed by atoms with van der Waals surface area (Å²) in [7, 11) is 0. The predicted molar refractivity (Wildman–Crippen MR) is 70.6 cm³/mol. The summed E-state index contributed by atoms with van der Waals surface area (Å²) in [5.74, 6) is 0.934. The highest BCUT2D eigenvalue weighted by Crippen LogP contribution is 2.24. The molecule has 0 spiro atoms. The van der Waals surface area contributed by atoms with E-state index in [1.807, 2.05) is 25.1 Å². The molecule has 2 aromatic rings. The molecule has 18 heavy (non-hydrogen) atoms. The second kappa shape index (κ2) is 5.35. The number of aryl methyl sites for hydroxylation is 2. The van der Waals surface area contributed by atoms with E-state index < -0.39 is 0 Å². The Morgan fingerprint density at radius 1 is 1.28 bits per heavy atom. The average molecular weight is 262 g/mol. The van der Waals surface area contributed by atoms with Crippen LogP contribution in [-0.2, 0) is 4.79 Å². The van der Waals surface area contributed by atoms with Crippen LogP contribution in [0, 0.1) is 13.8 Å². The van der Waals surface area contributed by atoms with Crippen LogP contribution in [0.25, 0.3) is 11.5 Å². The minimum absolute atomic E-state index is 0.0888. The van der Waals surface area contributed by atoms with Gasteiger partial charge >= 0.3 is 0 Å². The van der Waals surface area contributed by atoms with E-state index in [4.69, 9.17) is 4.42 Å². The summed E-state index contributed by atoms with van der Waals surface area (Å²) < 4.78 is 5.50. The first-order valence-electron chi connectivity index (χ1n) is 5.59. The van der Waals surface area contributed by atoms with Gasteiger partial charge < -0.3 is 4.42 Å². The molecule has 1 heterocycles. The lowest BCUT2D eigenvalue weighted by Gasteiger charge is -2.00. The Labute approximate surface area is 110 Å². The van der Waals surface area contributed by atoms with Gasteiger partial charge in [-0.25, -0.2) is 0 Å². The zero-order chi connectivity index (χ0) is 13.1. The van der Waals surface area contributed by atoms with E-state index >= 15 is 0 Å². The zero-order valence-corrected chi connectivity index (χ0v) is 11.4. The number of carbonyl (C=O) groups excluding carboxylic acids is 1. The van der Waals surface area contributed by atoms with E-state index in [0.29, 0.717) is 16.9 Å². The van der Waals surface area contributed by atoms with Crippen molar-refractivity contribution in [2.24, 2.45) is 0 Å². The van der Waals surface area contributed by atoms with Gasteiger partial charge in [0.1, 0.15) is 5.78 Å². The Balaban J connectivity index is 2.18. The maximum Gasteiger partial charge on any atom is 0.277 e. The van der Waals surface area contributed by atoms with Crippen molar-refractivity contribution in [3.05, 3.63) is 29.3 Å². The maximum atomic E-state index is 10.9. The molecule has 0 saturated heterocycles. The smallest absolute Gasteiger partial charge is 0.277 e. The number of benzene rings is 1. The highest BCUT2D eigenvalue weighted by molar-refractivity contribution is 7.99. The quantitative estimate of drug-likeness (QED) is 0.793. The highest BCUT2D eigenvalue weighted by atomic mass is 32.2. The van der Waals surface area contributed by atoms with Crippen molar-refractivity contribution < 1.29 is 9.21 Å². The van der Waals surface area contributed by atoms with Gasteiger partial charge in [-0.3, -0.25) is 4.79 Å². The van der Waals surface area contributed by atoms with Crippen LogP contribution in [0.15, 0.2) is 27.8 Å². The SMILES string of the molecule is CC(=O)CSc1nnc(-c2ccc(C)c(C)c2)o1. The molecule has 94 valence electrons. The number of carbonyl (C=O) groups is 1. The minimum Gasteiger partial charge on any atom is -0.411 e. The van der Waals surface area contributed by atoms with Crippen LogP contribution in [0.4, 0.5) is 0 Å². The summed E-state index contributed by atoms with van der Waals surface area (Å²) in [4.78, 5) is 10.9. The first-order chi connectivity index (χ1) is 8.56. The maximum absolute atomic E-state index is 10.9. The van der Waals surface area contributed by atoms with Crippen LogP contribution >= 0.6 is 11.8 Å². The van der Waals surface area contributed by atoms with E-state index in [1.54, 1.807) is 0 Å². The molecule has 0 amide bonds. The van der Waals surface area contributed by atoms with Crippen molar-refractivity contribution in [1.82, 2.24) is 10.2 Å². The topological polar surface area (TPSA) is 56.0 Å². The Bertz CT molecular complexity index is 578. The summed E-state index contributed by atoms with van der Waals surface area (Å²) >= 11 is 1.26. The van der Waals surface area contributed by atoms with Crippen molar-refractivity contribution in [3.63, 3.8) is 0 Å². The van der Waals surface area contributed by atoms with E-state index in [-0.39, 0.29) is 5.78 Å². The second-order valence-electron chi connectivity index (χ2n) is 4.16. The van der Waals surface area contributed by atoms with Gasteiger partial charge in [-0.15, -0.1) is 10.2 Å². The fourth-order valence-electron chi connectivity index (χ4n) is 1.42. The molecule has 0 atom stereocenters. The lowest BCUT2D eigenvalue weighted by atomic mass is 10.1. The van der Waals surface area contributed by atoms with Gasteiger partial charge in [0.15, 0.2) is 0 Å². The Hall–Kier alpha value is -1.62. The van der Waals surface area contributed by atoms with Crippen molar-refractivity contribution in [2.45, 2.75) is 26.0 Å². The van der Waals surface area contributed by atoms with Crippen LogP contribution < -0.4 is 0 Å². The third kappa shape index (κ3) is 2.98. The van der Waals surface area contributed by atoms with Crippen molar-refractivity contribution in [1.29, 1.82) is 0 Å². The molecule has 0 aliphatic rings. The van der Waals surface area contributed by atoms with Gasteiger partial charge in [0.05, 0.1) is 5.75 Å². The van der Waals surface area contributed by atoms with Crippen molar-refractivity contribution in [3.8, 4) is 11.5 Å². The number of ketones is 1. The van der Waals surface area contributed by atoms with E-state index in [0.717, 1.165) is 5.56 Å². The summed E-state index contributed by atoms with van der Waals surface area (Å²) in [6.07, 6.45) is 0. The van der Waals surface area contributed by atoms with Crippen LogP contribution in [-0.4, -0.2) is 21.7 Å². The van der Waals surface area contributed by atoms with E-state index in [2.05, 4.69) is 17.1 Å². The molecule has 0 N–H and O–H groups in total. The second-order valence-corrected chi connectivity index (χ2v) is 5.09. The molecule has 5 heteroatoms. The lowest BCUT2D eigenvalue weighted by molar-refractivity contribution is -0.114. The van der Waals surface area contributed by atoms with Crippen LogP contribution in [0.3, 0.4) is 0 Å². The fourth-order valence-corrected chi connectivity index (χ4v) is 1.99. The third-order valence-electron chi connectivity index (χ3n) is 2.56. The lowest BCUT2D eigenvalue weighted by Crippen LogP contribution is -1.92. The number of rotatable bonds is 4. The molecule has 0 saturated carbocycles. The standard InChI is InChI=1S/C13H14N2O2S/c1-8-4-5-11(6-9(8)2)12-14-15-13(17-12)18-7-10(3)16/h4-6H,7H2,1-3H3. The Morgan fingerprint density at radius 3 is 2.72 bits per heavy atom. The zero-order valence-electron chi connectivity index (χ0n) is 10.6. The van der Waals surface area contributed by atoms with Gasteiger partial charge in [-0.2, -0.15) is 0 Å². The molecule has 0 radical (unpaired) electrons. The average Bonchev–Trinajstić information content (AvgIpc) is 2.79. The number of nitrogens with zero attached hydrogens (tertiary/aromatic N) is 2. The molecule has 1 aromatic heterocycles. The summed E-state index contributed by atoms with van der Waals surface area (Å²) in [5, 5.41) is 8.33. The van der Waals surface area contributed by atoms with Crippen LogP contribution in [0.2, 0.25) is 0 Å². The first kappa shape index (κ1) is 12.8. The predicted octanol–water partition coefficient (Wildman–Crippen LogP) is 3.03. The molecule has 0 unspecified atom stereocenters. The summed E-state index contributed by atoms with van der Waals surface area (Å²) in [5.41, 5.74) is 3.31. The van der Waals surface area contributed by atoms with Crippen LogP contribution in [0.1, 0.15) is 18.1 Å². The van der Waals surface area contributed by atoms with E-state index in [9.17, 15) is 4.79 Å². The molecule has 2 rings (SSSR count). The minimum atomic E-state index is 0.0888. The third-order valence-corrected chi connectivity index (χ3v) is 3.52. The van der Waals surface area contributed by atoms with Gasteiger partial charge in [-0.05, 0) is 44.0 Å². The fraction of sp³-hybridized carbons (Fsp3) is 0.308. The van der Waals surface area contributed by atoms with Gasteiger partial charge in [0.25, 0.3) is 5.22 Å². The van der Waals surface area contributed by atoms with E-state index in [1.165, 1.54) is 29.8 Å². The molecule has 0 fully saturated rings. The van der Waals surface area contributed by atoms with Gasteiger partial charge in [0, 0.05) is 5.56 Å². The number of hydrogen-bond acceptors (Lipinski definition) is 5. The van der Waals surface area contributed by atoms with Crippen LogP contribution in [0.5, 0.6) is 0 Å². The molecule has 0 aliphatic heterocycles. The first-order valence-corrected chi connectivity index (χ1v) is 6.58. The number of hydrogen-bond donors (Lipinski definition) is 0. The Morgan fingerprint density at radius 2 is 2.06 bits per heavy atom. The monoisotopic (exact) mass is 262 g/mol.